The van der Waals surface area contributed by atoms with Crippen molar-refractivity contribution in [1.29, 1.82) is 0 Å². The Labute approximate surface area is 279 Å². The first-order valence-corrected chi connectivity index (χ1v) is 15.1. The lowest BCUT2D eigenvalue weighted by atomic mass is 10.0. The minimum Gasteiger partial charge on any atom is -0.281 e. The first-order valence-electron chi connectivity index (χ1n) is 11.3. The summed E-state index contributed by atoms with van der Waals surface area (Å²) >= 11 is 38.7. The Bertz CT molecular complexity index is 740. The Hall–Kier alpha value is 0.490. The van der Waals surface area contributed by atoms with Gasteiger partial charge in [0.2, 0.25) is 36.7 Å². The van der Waals surface area contributed by atoms with Gasteiger partial charge in [-0.25, -0.2) is 0 Å². The Balaban J connectivity index is -0.000000132. The average molecular weight is 785 g/mol. The molecule has 0 spiro atoms. The predicted molar refractivity (Wildman–Crippen MR) is 166 cm³/mol. The number of hydrogen-bond donors (Lipinski definition) is 0. The second-order valence-electron chi connectivity index (χ2n) is 7.59. The van der Waals surface area contributed by atoms with Crippen LogP contribution in [0.4, 0.5) is 0 Å². The van der Waals surface area contributed by atoms with Crippen molar-refractivity contribution in [3.63, 3.8) is 0 Å². The van der Waals surface area contributed by atoms with Crippen LogP contribution in [0.25, 0.3) is 0 Å². The number of unbranched alkanes of at least 4 members (excludes halogenated alkanes) is 1. The van der Waals surface area contributed by atoms with Crippen molar-refractivity contribution in [3.05, 3.63) is 0 Å². The molecule has 0 aliphatic heterocycles. The Kier molecular flexibility index (Phi) is 41.6. The zero-order chi connectivity index (χ0) is 30.8. The minimum atomic E-state index is -0.877. The fourth-order valence-electron chi connectivity index (χ4n) is 1.87. The predicted octanol–water partition coefficient (Wildman–Crippen LogP) is 8.54. The van der Waals surface area contributed by atoms with Crippen molar-refractivity contribution in [3.8, 4) is 0 Å². The highest BCUT2D eigenvalue weighted by atomic mass is 79.9. The van der Waals surface area contributed by atoms with E-state index >= 15 is 0 Å². The van der Waals surface area contributed by atoms with Crippen molar-refractivity contribution in [2.75, 3.05) is 5.33 Å². The van der Waals surface area contributed by atoms with E-state index in [4.69, 9.17) is 81.2 Å². The van der Waals surface area contributed by atoms with E-state index in [9.17, 15) is 33.6 Å². The summed E-state index contributed by atoms with van der Waals surface area (Å²) in [7, 11) is 0. The van der Waals surface area contributed by atoms with Gasteiger partial charge in [0, 0.05) is 36.4 Å². The Morgan fingerprint density at radius 3 is 1.26 bits per heavy atom. The summed E-state index contributed by atoms with van der Waals surface area (Å²) in [6.45, 7) is 4.93. The van der Waals surface area contributed by atoms with E-state index < -0.39 is 21.6 Å². The molecule has 0 bridgehead atoms. The fourth-order valence-corrected chi connectivity index (χ4v) is 3.27. The van der Waals surface area contributed by atoms with Crippen LogP contribution in [0.3, 0.4) is 0 Å². The second kappa shape index (κ2) is 33.0. The molecule has 2 atom stereocenters. The van der Waals surface area contributed by atoms with Crippen molar-refractivity contribution in [2.24, 2.45) is 17.8 Å². The zero-order valence-corrected chi connectivity index (χ0v) is 29.3. The molecule has 39 heavy (non-hydrogen) atoms. The molecule has 0 aliphatic rings. The van der Waals surface area contributed by atoms with Gasteiger partial charge in [0.05, 0.1) is 0 Å². The molecular weight excluding hydrogens is 752 g/mol. The number of alkyl halides is 1. The van der Waals surface area contributed by atoms with E-state index in [1.54, 1.807) is 6.92 Å². The topological polar surface area (TPSA) is 119 Å². The lowest BCUT2D eigenvalue weighted by molar-refractivity contribution is -0.123. The van der Waals surface area contributed by atoms with Crippen LogP contribution in [0.2, 0.25) is 0 Å². The highest BCUT2D eigenvalue weighted by molar-refractivity contribution is 9.09. The third-order valence-electron chi connectivity index (χ3n) is 4.34. The summed E-state index contributed by atoms with van der Waals surface area (Å²) in [6, 6.07) is 0. The molecule has 0 fully saturated rings. The summed E-state index contributed by atoms with van der Waals surface area (Å²) in [5.74, 6) is -1.27. The van der Waals surface area contributed by atoms with Gasteiger partial charge in [-0.15, -0.1) is 12.4 Å². The number of carbonyl (C=O) groups is 7. The maximum absolute atomic E-state index is 10.6. The molecule has 0 aromatic rings. The SMILES string of the molecule is CC(C(=O)Cl)C(=O)Cl.CC(CCCC(=O)Cl)C(=O)Cl.CCC(CCC(=O)Cl)C(=O)Cl.Cl.O=C(Cl)CCCCBr. The molecule has 0 radical (unpaired) electrons. The largest absolute Gasteiger partial charge is 0.281 e. The molecule has 2 unspecified atom stereocenters. The normalized spacial score (nSPS) is 11.0. The van der Waals surface area contributed by atoms with Crippen LogP contribution in [0.5, 0.6) is 0 Å². The molecule has 0 saturated heterocycles. The summed E-state index contributed by atoms with van der Waals surface area (Å²) in [4.78, 5) is 71.8. The average Bonchev–Trinajstić information content (AvgIpc) is 2.79. The number of rotatable bonds is 16. The van der Waals surface area contributed by atoms with E-state index in [1.165, 1.54) is 6.92 Å². The van der Waals surface area contributed by atoms with E-state index in [-0.39, 0.29) is 51.6 Å². The summed E-state index contributed by atoms with van der Waals surface area (Å²) in [5, 5.41) is -2.23. The molecular formula is C23H33BrCl8O7. The molecule has 16 heteroatoms. The van der Waals surface area contributed by atoms with Gasteiger partial charge in [-0.2, -0.15) is 0 Å². The van der Waals surface area contributed by atoms with Crippen LogP contribution in [0, 0.1) is 17.8 Å². The van der Waals surface area contributed by atoms with Gasteiger partial charge in [-0.3, -0.25) is 33.6 Å². The van der Waals surface area contributed by atoms with Crippen LogP contribution < -0.4 is 0 Å². The zero-order valence-electron chi connectivity index (χ0n) is 21.6. The third-order valence-corrected chi connectivity index (χ3v) is 6.80. The summed E-state index contributed by atoms with van der Waals surface area (Å²) < 4.78 is 0. The van der Waals surface area contributed by atoms with E-state index in [0.29, 0.717) is 38.5 Å². The van der Waals surface area contributed by atoms with E-state index in [0.717, 1.165) is 18.2 Å². The highest BCUT2D eigenvalue weighted by Gasteiger charge is 2.16. The van der Waals surface area contributed by atoms with Gasteiger partial charge in [-0.05, 0) is 127 Å². The smallest absolute Gasteiger partial charge is 0.233 e. The van der Waals surface area contributed by atoms with Gasteiger partial charge in [0.25, 0.3) is 0 Å². The molecule has 0 saturated carbocycles. The number of halogens is 9. The van der Waals surface area contributed by atoms with Crippen LogP contribution in [0.1, 0.15) is 78.6 Å². The second-order valence-corrected chi connectivity index (χ2v) is 11.1. The van der Waals surface area contributed by atoms with E-state index in [1.807, 2.05) is 6.92 Å². The van der Waals surface area contributed by atoms with Crippen molar-refractivity contribution < 1.29 is 33.6 Å². The third kappa shape index (κ3) is 43.1. The van der Waals surface area contributed by atoms with Crippen molar-refractivity contribution >= 4 is 146 Å². The van der Waals surface area contributed by atoms with E-state index in [2.05, 4.69) is 15.9 Å². The maximum atomic E-state index is 10.6. The first kappa shape index (κ1) is 49.2. The molecule has 0 heterocycles. The van der Waals surface area contributed by atoms with Gasteiger partial charge in [0.1, 0.15) is 5.92 Å². The summed E-state index contributed by atoms with van der Waals surface area (Å²) in [6.07, 6.45) is 5.34. The van der Waals surface area contributed by atoms with Gasteiger partial charge in [-0.1, -0.05) is 29.8 Å². The van der Waals surface area contributed by atoms with Crippen LogP contribution in [0.15, 0.2) is 0 Å². The van der Waals surface area contributed by atoms with Gasteiger partial charge < -0.3 is 0 Å². The lowest BCUT2D eigenvalue weighted by Gasteiger charge is -2.06. The van der Waals surface area contributed by atoms with Gasteiger partial charge >= 0.3 is 0 Å². The van der Waals surface area contributed by atoms with Gasteiger partial charge in [0.15, 0.2) is 0 Å². The monoisotopic (exact) mass is 780 g/mol. The Morgan fingerprint density at radius 2 is 1.00 bits per heavy atom. The van der Waals surface area contributed by atoms with Crippen LogP contribution in [-0.4, -0.2) is 42.0 Å². The molecule has 0 aromatic carbocycles. The fraction of sp³-hybridized carbons (Fsp3) is 0.696. The summed E-state index contributed by atoms with van der Waals surface area (Å²) in [5.41, 5.74) is 0. The van der Waals surface area contributed by atoms with Crippen LogP contribution >= 0.6 is 110 Å². The quantitative estimate of drug-likeness (QED) is 0.0666. The Morgan fingerprint density at radius 1 is 0.590 bits per heavy atom. The number of carbonyl (C=O) groups excluding carboxylic acids is 7. The van der Waals surface area contributed by atoms with Crippen molar-refractivity contribution in [2.45, 2.75) is 78.6 Å². The molecule has 7 nitrogen and oxygen atoms in total. The molecule has 0 aromatic heterocycles. The first-order chi connectivity index (χ1) is 17.4. The van der Waals surface area contributed by atoms with Crippen molar-refractivity contribution in [1.82, 2.24) is 0 Å². The standard InChI is InChI=1S/2C7H10Cl2O2.C5H8BrClO.C4H4Cl2O2.ClH/c1-5(7(9)11)3-2-4-6(8)10;1-2-5(7(9)11)3-4-6(8)10;6-4-2-1-3-5(7)8;1-2(3(5)7)4(6)8;/h2*5H,2-4H2,1H3;1-4H2;2H,1H3;1H. The molecule has 0 aliphatic carbocycles. The highest BCUT2D eigenvalue weighted by Crippen LogP contribution is 2.15. The maximum Gasteiger partial charge on any atom is 0.233 e. The lowest BCUT2D eigenvalue weighted by Crippen LogP contribution is -2.10. The minimum absolute atomic E-state index is 0. The number of hydrogen-bond acceptors (Lipinski definition) is 7. The molecule has 0 rings (SSSR count). The molecule has 0 N–H and O–H groups in total. The van der Waals surface area contributed by atoms with Crippen LogP contribution in [-0.2, 0) is 33.6 Å². The molecule has 0 amide bonds. The molecule has 230 valence electrons.